The zero-order valence-electron chi connectivity index (χ0n) is 10.4. The molecule has 15 heavy (non-hydrogen) atoms. The average molecular weight is 203 g/mol. The molecule has 1 heteroatoms. The first-order valence-corrected chi connectivity index (χ1v) is 5.40. The highest BCUT2D eigenvalue weighted by molar-refractivity contribution is 5.71. The van der Waals surface area contributed by atoms with Crippen LogP contribution in [0.2, 0.25) is 0 Å². The van der Waals surface area contributed by atoms with E-state index in [1.54, 1.807) is 0 Å². The van der Waals surface area contributed by atoms with Gasteiger partial charge in [-0.25, -0.2) is 0 Å². The highest BCUT2D eigenvalue weighted by atomic mass is 14.8. The maximum absolute atomic E-state index is 3.14. The summed E-state index contributed by atoms with van der Waals surface area (Å²) in [5.74, 6) is 0. The molecule has 0 spiro atoms. The monoisotopic (exact) mass is 203 g/mol. The van der Waals surface area contributed by atoms with Gasteiger partial charge in [0.05, 0.1) is 0 Å². The minimum Gasteiger partial charge on any atom is -0.394 e. The lowest BCUT2D eigenvalue weighted by Crippen LogP contribution is -2.12. The van der Waals surface area contributed by atoms with E-state index >= 15 is 0 Å². The zero-order valence-corrected chi connectivity index (χ0v) is 10.4. The molecule has 0 fully saturated rings. The maximum atomic E-state index is 3.14. The maximum Gasteiger partial charge on any atom is 0.00278 e. The van der Waals surface area contributed by atoms with Gasteiger partial charge in [-0.15, -0.1) is 0 Å². The van der Waals surface area contributed by atoms with Crippen LogP contribution in [0.15, 0.2) is 30.5 Å². The summed E-state index contributed by atoms with van der Waals surface area (Å²) in [6, 6.07) is 8.52. The first-order valence-electron chi connectivity index (χ1n) is 5.40. The fraction of sp³-hybridized carbons (Fsp3) is 0.429. The molecule has 1 aromatic rings. The largest absolute Gasteiger partial charge is 0.394 e. The summed E-state index contributed by atoms with van der Waals surface area (Å²) >= 11 is 0. The molecule has 0 saturated carbocycles. The van der Waals surface area contributed by atoms with Gasteiger partial charge in [0.1, 0.15) is 0 Å². The van der Waals surface area contributed by atoms with Gasteiger partial charge in [0.2, 0.25) is 0 Å². The first-order chi connectivity index (χ1) is 6.96. The summed E-state index contributed by atoms with van der Waals surface area (Å²) in [5.41, 5.74) is 4.17. The van der Waals surface area contributed by atoms with Gasteiger partial charge in [-0.1, -0.05) is 45.0 Å². The van der Waals surface area contributed by atoms with Crippen molar-refractivity contribution in [2.45, 2.75) is 27.7 Å². The molecule has 0 bridgehead atoms. The van der Waals surface area contributed by atoms with Crippen LogP contribution >= 0.6 is 0 Å². The third-order valence-electron chi connectivity index (χ3n) is 2.53. The van der Waals surface area contributed by atoms with Gasteiger partial charge in [-0.05, 0) is 29.0 Å². The Labute approximate surface area is 93.2 Å². The lowest BCUT2D eigenvalue weighted by molar-refractivity contribution is 0.564. The minimum absolute atomic E-state index is 0.162. The van der Waals surface area contributed by atoms with Crippen molar-refractivity contribution in [3.8, 4) is 0 Å². The molecule has 1 nitrogen and oxygen atoms in total. The number of allylic oxidation sites excluding steroid dienone is 1. The van der Waals surface area contributed by atoms with Crippen molar-refractivity contribution in [2.24, 2.45) is 5.41 Å². The second-order valence-corrected chi connectivity index (χ2v) is 4.91. The van der Waals surface area contributed by atoms with E-state index in [1.165, 1.54) is 16.7 Å². The molecule has 0 aliphatic rings. The molecule has 0 aliphatic carbocycles. The molecule has 0 atom stereocenters. The van der Waals surface area contributed by atoms with Crippen LogP contribution in [-0.2, 0) is 0 Å². The van der Waals surface area contributed by atoms with Crippen LogP contribution in [0.4, 0.5) is 0 Å². The van der Waals surface area contributed by atoms with Crippen molar-refractivity contribution in [3.63, 3.8) is 0 Å². The summed E-state index contributed by atoms with van der Waals surface area (Å²) in [7, 11) is 1.95. The molecule has 0 radical (unpaired) electrons. The van der Waals surface area contributed by atoms with E-state index in [-0.39, 0.29) is 5.41 Å². The highest BCUT2D eigenvalue weighted by Gasteiger charge is 2.19. The van der Waals surface area contributed by atoms with Crippen LogP contribution in [0.5, 0.6) is 0 Å². The Hall–Kier alpha value is -1.24. The number of benzene rings is 1. The van der Waals surface area contributed by atoms with Crippen molar-refractivity contribution < 1.29 is 0 Å². The Morgan fingerprint density at radius 3 is 2.27 bits per heavy atom. The Morgan fingerprint density at radius 1 is 1.20 bits per heavy atom. The van der Waals surface area contributed by atoms with Gasteiger partial charge in [-0.3, -0.25) is 0 Å². The van der Waals surface area contributed by atoms with Gasteiger partial charge in [-0.2, -0.15) is 0 Å². The predicted octanol–water partition coefficient (Wildman–Crippen LogP) is 3.60. The van der Waals surface area contributed by atoms with E-state index in [2.05, 4.69) is 63.5 Å². The Bertz CT molecular complexity index is 356. The molecular formula is C14H21N. The van der Waals surface area contributed by atoms with E-state index in [0.29, 0.717) is 0 Å². The number of hydrogen-bond acceptors (Lipinski definition) is 1. The predicted molar refractivity (Wildman–Crippen MR) is 67.7 cm³/mol. The lowest BCUT2D eigenvalue weighted by Gasteiger charge is -2.24. The fourth-order valence-electron chi connectivity index (χ4n) is 1.72. The van der Waals surface area contributed by atoms with Crippen LogP contribution in [0.1, 0.15) is 31.9 Å². The van der Waals surface area contributed by atoms with Gasteiger partial charge in [0.15, 0.2) is 0 Å². The van der Waals surface area contributed by atoms with E-state index in [4.69, 9.17) is 0 Å². The highest BCUT2D eigenvalue weighted by Crippen LogP contribution is 2.34. The van der Waals surface area contributed by atoms with Crippen molar-refractivity contribution >= 4 is 5.57 Å². The average Bonchev–Trinajstić information content (AvgIpc) is 2.14. The molecule has 0 aromatic heterocycles. The quantitative estimate of drug-likeness (QED) is 0.774. The van der Waals surface area contributed by atoms with E-state index < -0.39 is 0 Å². The normalized spacial score (nSPS) is 12.7. The molecule has 0 unspecified atom stereocenters. The zero-order chi connectivity index (χ0) is 11.5. The second kappa shape index (κ2) is 4.52. The van der Waals surface area contributed by atoms with Crippen LogP contribution in [0, 0.1) is 12.3 Å². The summed E-state index contributed by atoms with van der Waals surface area (Å²) < 4.78 is 0. The van der Waals surface area contributed by atoms with Gasteiger partial charge >= 0.3 is 0 Å². The minimum atomic E-state index is 0.162. The first kappa shape index (κ1) is 11.8. The number of rotatable bonds is 2. The van der Waals surface area contributed by atoms with Gasteiger partial charge < -0.3 is 5.32 Å². The van der Waals surface area contributed by atoms with E-state index in [1.807, 2.05) is 7.05 Å². The van der Waals surface area contributed by atoms with Crippen LogP contribution in [0.25, 0.3) is 5.57 Å². The smallest absolute Gasteiger partial charge is 0.00278 e. The molecule has 0 amide bonds. The van der Waals surface area contributed by atoms with Gasteiger partial charge in [0, 0.05) is 13.2 Å². The van der Waals surface area contributed by atoms with Crippen molar-refractivity contribution in [1.82, 2.24) is 5.32 Å². The molecule has 0 aliphatic heterocycles. The SMILES string of the molecule is CN/C=C(\c1ccccc1C)C(C)(C)C. The van der Waals surface area contributed by atoms with Crippen LogP contribution in [-0.4, -0.2) is 7.05 Å². The van der Waals surface area contributed by atoms with Crippen molar-refractivity contribution in [2.75, 3.05) is 7.05 Å². The molecule has 1 rings (SSSR count). The third kappa shape index (κ3) is 2.85. The molecule has 1 N–H and O–H groups in total. The molecule has 1 aromatic carbocycles. The lowest BCUT2D eigenvalue weighted by atomic mass is 9.81. The molecule has 0 saturated heterocycles. The van der Waals surface area contributed by atoms with Crippen LogP contribution < -0.4 is 5.32 Å². The Morgan fingerprint density at radius 2 is 1.80 bits per heavy atom. The van der Waals surface area contributed by atoms with Crippen molar-refractivity contribution in [1.29, 1.82) is 0 Å². The van der Waals surface area contributed by atoms with Crippen LogP contribution in [0.3, 0.4) is 0 Å². The summed E-state index contributed by atoms with van der Waals surface area (Å²) in [4.78, 5) is 0. The number of hydrogen-bond donors (Lipinski definition) is 1. The fourth-order valence-corrected chi connectivity index (χ4v) is 1.72. The summed E-state index contributed by atoms with van der Waals surface area (Å²) in [6.45, 7) is 8.87. The van der Waals surface area contributed by atoms with E-state index in [9.17, 15) is 0 Å². The summed E-state index contributed by atoms with van der Waals surface area (Å²) in [6.07, 6.45) is 2.10. The Balaban J connectivity index is 3.24. The topological polar surface area (TPSA) is 12.0 Å². The Kier molecular flexibility index (Phi) is 3.57. The standard InChI is InChI=1S/C14H21N/c1-11-8-6-7-9-12(11)13(10-15-5)14(2,3)4/h6-10,15H,1-5H3/b13-10+. The molecular weight excluding hydrogens is 182 g/mol. The van der Waals surface area contributed by atoms with Gasteiger partial charge in [0.25, 0.3) is 0 Å². The number of nitrogens with one attached hydrogen (secondary N) is 1. The second-order valence-electron chi connectivity index (χ2n) is 4.91. The third-order valence-corrected chi connectivity index (χ3v) is 2.53. The number of aryl methyl sites for hydroxylation is 1. The van der Waals surface area contributed by atoms with E-state index in [0.717, 1.165) is 0 Å². The molecule has 0 heterocycles. The van der Waals surface area contributed by atoms with Crippen molar-refractivity contribution in [3.05, 3.63) is 41.6 Å². The molecule has 82 valence electrons. The summed E-state index contributed by atoms with van der Waals surface area (Å²) in [5, 5.41) is 3.14.